The highest BCUT2D eigenvalue weighted by molar-refractivity contribution is 6.16. The predicted molar refractivity (Wildman–Crippen MR) is 134 cm³/mol. The van der Waals surface area contributed by atoms with Gasteiger partial charge in [-0.25, -0.2) is 0 Å². The van der Waals surface area contributed by atoms with E-state index in [1.165, 1.54) is 6.42 Å². The first-order valence-electron chi connectivity index (χ1n) is 12.1. The second-order valence-electron chi connectivity index (χ2n) is 9.40. The van der Waals surface area contributed by atoms with Crippen molar-refractivity contribution in [3.8, 4) is 17.2 Å². The molecule has 0 saturated carbocycles. The van der Waals surface area contributed by atoms with Crippen molar-refractivity contribution in [1.29, 1.82) is 0 Å². The molecule has 1 N–H and O–H groups in total. The number of piperidine rings is 1. The molecule has 0 aliphatic carbocycles. The van der Waals surface area contributed by atoms with E-state index in [4.69, 9.17) is 9.47 Å². The molecule has 1 atom stereocenters. The monoisotopic (exact) mass is 460 g/mol. The van der Waals surface area contributed by atoms with E-state index in [1.807, 2.05) is 37.4 Å². The predicted octanol–water partition coefficient (Wildman–Crippen LogP) is 5.67. The quantitative estimate of drug-likeness (QED) is 0.497. The number of phenols is 1. The summed E-state index contributed by atoms with van der Waals surface area (Å²) in [7, 11) is 1.65. The number of hydrogen-bond acceptors (Lipinski definition) is 5. The molecule has 2 aromatic carbocycles. The van der Waals surface area contributed by atoms with Crippen LogP contribution in [0, 0.1) is 6.92 Å². The maximum atomic E-state index is 13.5. The normalized spacial score (nSPS) is 19.6. The first kappa shape index (κ1) is 22.5. The van der Waals surface area contributed by atoms with Crippen molar-refractivity contribution in [2.24, 2.45) is 0 Å². The molecule has 3 aromatic rings. The fraction of sp³-hybridized carbons (Fsp3) is 0.393. The molecule has 34 heavy (non-hydrogen) atoms. The number of methoxy groups -OCH3 is 1. The van der Waals surface area contributed by atoms with Crippen LogP contribution in [-0.4, -0.2) is 40.1 Å². The van der Waals surface area contributed by atoms with E-state index in [-0.39, 0.29) is 17.3 Å². The molecule has 1 unspecified atom stereocenters. The number of benzene rings is 2. The molecule has 6 heteroatoms. The smallest absolute Gasteiger partial charge is 0.232 e. The van der Waals surface area contributed by atoms with Crippen LogP contribution in [0.5, 0.6) is 17.2 Å². The van der Waals surface area contributed by atoms with Crippen molar-refractivity contribution in [2.75, 3.05) is 13.7 Å². The second-order valence-corrected chi connectivity index (χ2v) is 9.40. The largest absolute Gasteiger partial charge is 0.507 e. The summed E-state index contributed by atoms with van der Waals surface area (Å²) < 4.78 is 13.8. The Hall–Kier alpha value is -3.25. The maximum Gasteiger partial charge on any atom is 0.232 e. The zero-order valence-electron chi connectivity index (χ0n) is 20.4. The first-order valence-corrected chi connectivity index (χ1v) is 12.1. The van der Waals surface area contributed by atoms with Gasteiger partial charge in [-0.3, -0.25) is 9.69 Å². The molecule has 1 saturated heterocycles. The highest BCUT2D eigenvalue weighted by Crippen LogP contribution is 2.43. The summed E-state index contributed by atoms with van der Waals surface area (Å²) in [5.41, 5.74) is 3.96. The van der Waals surface area contributed by atoms with Gasteiger partial charge in [0.25, 0.3) is 0 Å². The Morgan fingerprint density at radius 3 is 2.82 bits per heavy atom. The second kappa shape index (κ2) is 8.84. The lowest BCUT2D eigenvalue weighted by molar-refractivity contribution is 0.101. The number of carbonyl (C=O) groups is 1. The van der Waals surface area contributed by atoms with Gasteiger partial charge in [-0.1, -0.05) is 6.42 Å². The average Bonchev–Trinajstić information content (AvgIpc) is 3.35. The number of phenolic OH excluding ortho intramolecular Hbond substituents is 1. The summed E-state index contributed by atoms with van der Waals surface area (Å²) >= 11 is 0. The van der Waals surface area contributed by atoms with E-state index in [0.29, 0.717) is 29.5 Å². The van der Waals surface area contributed by atoms with Crippen molar-refractivity contribution in [3.05, 3.63) is 58.5 Å². The number of rotatable bonds is 5. The van der Waals surface area contributed by atoms with Gasteiger partial charge in [0.05, 0.1) is 18.2 Å². The summed E-state index contributed by atoms with van der Waals surface area (Å²) in [6, 6.07) is 8.10. The summed E-state index contributed by atoms with van der Waals surface area (Å²) in [4.78, 5) is 15.8. The van der Waals surface area contributed by atoms with Gasteiger partial charge >= 0.3 is 0 Å². The van der Waals surface area contributed by atoms with Gasteiger partial charge in [0.15, 0.2) is 5.76 Å². The number of likely N-dealkylation sites (tertiary alicyclic amines) is 1. The van der Waals surface area contributed by atoms with Crippen LogP contribution in [-0.2, 0) is 13.1 Å². The molecule has 1 aromatic heterocycles. The van der Waals surface area contributed by atoms with Gasteiger partial charge < -0.3 is 19.1 Å². The van der Waals surface area contributed by atoms with Crippen LogP contribution in [0.15, 0.2) is 36.2 Å². The number of Topliss-reactive ketones (excluding diaryl/α,β-unsaturated/α-hetero) is 1. The Bertz CT molecular complexity index is 1300. The number of hydrogen-bond donors (Lipinski definition) is 1. The molecule has 0 bridgehead atoms. The number of ketones is 1. The Kier molecular flexibility index (Phi) is 5.86. The van der Waals surface area contributed by atoms with Crippen molar-refractivity contribution in [2.45, 2.75) is 59.2 Å². The van der Waals surface area contributed by atoms with Gasteiger partial charge in [0, 0.05) is 41.8 Å². The van der Waals surface area contributed by atoms with Crippen molar-refractivity contribution in [1.82, 2.24) is 9.47 Å². The van der Waals surface area contributed by atoms with Crippen LogP contribution in [0.1, 0.15) is 60.2 Å². The van der Waals surface area contributed by atoms with Gasteiger partial charge in [-0.05, 0) is 76.1 Å². The van der Waals surface area contributed by atoms with E-state index >= 15 is 0 Å². The first-order chi connectivity index (χ1) is 16.4. The fourth-order valence-corrected chi connectivity index (χ4v) is 5.28. The van der Waals surface area contributed by atoms with Crippen molar-refractivity contribution >= 4 is 22.8 Å². The molecule has 1 fully saturated rings. The summed E-state index contributed by atoms with van der Waals surface area (Å²) in [6.45, 7) is 8.53. The minimum atomic E-state index is -0.138. The number of aromatic nitrogens is 1. The Morgan fingerprint density at radius 1 is 1.26 bits per heavy atom. The van der Waals surface area contributed by atoms with Gasteiger partial charge in [-0.2, -0.15) is 0 Å². The number of aromatic hydroxyl groups is 1. The number of ether oxygens (including phenoxy) is 2. The molecule has 178 valence electrons. The van der Waals surface area contributed by atoms with E-state index in [9.17, 15) is 9.90 Å². The summed E-state index contributed by atoms with van der Waals surface area (Å²) in [5, 5.41) is 11.8. The lowest BCUT2D eigenvalue weighted by Crippen LogP contribution is -2.36. The number of nitrogens with zero attached hydrogens (tertiary/aromatic N) is 2. The molecule has 3 heterocycles. The standard InChI is InChI=1S/C28H32N2O4/c1-5-29-15-19(21-14-20(33-4)9-10-23(21)29)13-25-27(32)26-17(2)12-24(31)22(28(26)34-25)16-30-11-7-6-8-18(30)3/h9-10,12-15,18,31H,5-8,11,16H2,1-4H3/b25-13-. The van der Waals surface area contributed by atoms with E-state index in [0.717, 1.165) is 53.7 Å². The van der Waals surface area contributed by atoms with Gasteiger partial charge in [-0.15, -0.1) is 0 Å². The molecular weight excluding hydrogens is 428 g/mol. The molecular formula is C28H32N2O4. The van der Waals surface area contributed by atoms with Crippen LogP contribution >= 0.6 is 0 Å². The molecule has 6 nitrogen and oxygen atoms in total. The molecule has 0 amide bonds. The SMILES string of the molecule is CCn1cc(/C=C2\Oc3c(CN4CCCCC4C)c(O)cc(C)c3C2=O)c2cc(OC)ccc21. The minimum absolute atomic E-state index is 0.138. The lowest BCUT2D eigenvalue weighted by atomic mass is 9.97. The third-order valence-corrected chi connectivity index (χ3v) is 7.27. The van der Waals surface area contributed by atoms with Crippen LogP contribution in [0.3, 0.4) is 0 Å². The number of fused-ring (bicyclic) bond motifs is 2. The Morgan fingerprint density at radius 2 is 2.09 bits per heavy atom. The number of allylic oxidation sites excluding steroid dienone is 1. The molecule has 5 rings (SSSR count). The molecule has 0 spiro atoms. The van der Waals surface area contributed by atoms with E-state index < -0.39 is 0 Å². The molecule has 2 aliphatic rings. The Balaban J connectivity index is 1.56. The number of aryl methyl sites for hydroxylation is 2. The number of carbonyl (C=O) groups excluding carboxylic acids is 1. The maximum absolute atomic E-state index is 13.5. The average molecular weight is 461 g/mol. The van der Waals surface area contributed by atoms with Crippen LogP contribution < -0.4 is 9.47 Å². The topological polar surface area (TPSA) is 63.9 Å². The molecule has 0 radical (unpaired) electrons. The Labute approximate surface area is 200 Å². The minimum Gasteiger partial charge on any atom is -0.507 e. The van der Waals surface area contributed by atoms with Gasteiger partial charge in [0.1, 0.15) is 17.2 Å². The molecule has 2 aliphatic heterocycles. The van der Waals surface area contributed by atoms with Crippen LogP contribution in [0.4, 0.5) is 0 Å². The highest BCUT2D eigenvalue weighted by Gasteiger charge is 2.34. The van der Waals surface area contributed by atoms with Crippen molar-refractivity contribution < 1.29 is 19.4 Å². The van der Waals surface area contributed by atoms with Crippen LogP contribution in [0.2, 0.25) is 0 Å². The summed E-state index contributed by atoms with van der Waals surface area (Å²) in [5.74, 6) is 1.61. The third kappa shape index (κ3) is 3.76. The third-order valence-electron chi connectivity index (χ3n) is 7.27. The zero-order chi connectivity index (χ0) is 24.0. The van der Waals surface area contributed by atoms with E-state index in [2.05, 4.69) is 23.3 Å². The van der Waals surface area contributed by atoms with E-state index in [1.54, 1.807) is 13.2 Å². The zero-order valence-corrected chi connectivity index (χ0v) is 20.4. The van der Waals surface area contributed by atoms with Gasteiger partial charge in [0.2, 0.25) is 5.78 Å². The van der Waals surface area contributed by atoms with Crippen molar-refractivity contribution in [3.63, 3.8) is 0 Å². The lowest BCUT2D eigenvalue weighted by Gasteiger charge is -2.33. The summed E-state index contributed by atoms with van der Waals surface area (Å²) in [6.07, 6.45) is 7.38. The highest BCUT2D eigenvalue weighted by atomic mass is 16.5. The van der Waals surface area contributed by atoms with Crippen LogP contribution in [0.25, 0.3) is 17.0 Å². The fourth-order valence-electron chi connectivity index (χ4n) is 5.28.